The molecule has 2 fully saturated rings. The van der Waals surface area contributed by atoms with Crippen LogP contribution in [0.1, 0.15) is 25.7 Å². The van der Waals surface area contributed by atoms with Crippen LogP contribution in [0.25, 0.3) is 0 Å². The summed E-state index contributed by atoms with van der Waals surface area (Å²) in [5.41, 5.74) is 0. The maximum atomic E-state index is 5.94. The zero-order chi connectivity index (χ0) is 9.10. The molecule has 1 saturated heterocycles. The Hall–Kier alpha value is -0.120. The predicted molar refractivity (Wildman–Crippen MR) is 50.8 cm³/mol. The third-order valence-corrected chi connectivity index (χ3v) is 3.06. The summed E-state index contributed by atoms with van der Waals surface area (Å²) >= 11 is 0. The molecule has 2 aliphatic rings. The number of methoxy groups -OCH3 is 1. The lowest BCUT2D eigenvalue weighted by Crippen LogP contribution is -2.42. The molecule has 1 aliphatic carbocycles. The average molecular weight is 185 g/mol. The van der Waals surface area contributed by atoms with E-state index in [2.05, 4.69) is 5.32 Å². The highest BCUT2D eigenvalue weighted by Gasteiger charge is 2.31. The molecule has 1 N–H and O–H groups in total. The van der Waals surface area contributed by atoms with Gasteiger partial charge in [-0.1, -0.05) is 0 Å². The van der Waals surface area contributed by atoms with E-state index in [1.165, 1.54) is 12.8 Å². The van der Waals surface area contributed by atoms with Crippen LogP contribution in [0.4, 0.5) is 0 Å². The summed E-state index contributed by atoms with van der Waals surface area (Å²) in [6.07, 6.45) is 5.99. The summed E-state index contributed by atoms with van der Waals surface area (Å²) in [4.78, 5) is 0. The molecule has 0 atom stereocenters. The van der Waals surface area contributed by atoms with Gasteiger partial charge in [-0.2, -0.15) is 0 Å². The lowest BCUT2D eigenvalue weighted by Gasteiger charge is -2.37. The summed E-state index contributed by atoms with van der Waals surface area (Å²) in [6.45, 7) is 2.23. The van der Waals surface area contributed by atoms with E-state index < -0.39 is 0 Å². The first-order valence-electron chi connectivity index (χ1n) is 5.27. The molecule has 13 heavy (non-hydrogen) atoms. The number of hydrogen-bond donors (Lipinski definition) is 1. The highest BCUT2D eigenvalue weighted by Crippen LogP contribution is 2.28. The largest absolute Gasteiger partial charge is 0.381 e. The minimum Gasteiger partial charge on any atom is -0.381 e. The van der Waals surface area contributed by atoms with Gasteiger partial charge in [0.2, 0.25) is 0 Å². The summed E-state index contributed by atoms with van der Waals surface area (Å²) < 4.78 is 11.2. The maximum absolute atomic E-state index is 5.94. The second-order valence-electron chi connectivity index (χ2n) is 4.04. The molecule has 0 unspecified atom stereocenters. The van der Waals surface area contributed by atoms with Gasteiger partial charge in [0.25, 0.3) is 0 Å². The molecule has 76 valence electrons. The third-order valence-electron chi connectivity index (χ3n) is 3.06. The van der Waals surface area contributed by atoms with E-state index in [0.29, 0.717) is 18.3 Å². The van der Waals surface area contributed by atoms with Crippen LogP contribution in [0, 0.1) is 0 Å². The number of rotatable bonds is 3. The zero-order valence-corrected chi connectivity index (χ0v) is 8.29. The molecule has 1 heterocycles. The van der Waals surface area contributed by atoms with Gasteiger partial charge in [-0.3, -0.25) is 0 Å². The van der Waals surface area contributed by atoms with Gasteiger partial charge in [0.1, 0.15) is 0 Å². The highest BCUT2D eigenvalue weighted by molar-refractivity contribution is 4.82. The molecule has 0 bridgehead atoms. The van der Waals surface area contributed by atoms with Crippen LogP contribution in [0.3, 0.4) is 0 Å². The summed E-state index contributed by atoms with van der Waals surface area (Å²) in [5, 5.41) is 3.34. The Bertz CT molecular complexity index is 151. The first-order valence-corrected chi connectivity index (χ1v) is 5.27. The maximum Gasteiger partial charge on any atom is 0.0628 e. The fourth-order valence-electron chi connectivity index (χ4n) is 2.02. The van der Waals surface area contributed by atoms with Crippen molar-refractivity contribution in [3.8, 4) is 0 Å². The topological polar surface area (TPSA) is 30.5 Å². The first kappa shape index (κ1) is 9.44. The fraction of sp³-hybridized carbons (Fsp3) is 1.00. The van der Waals surface area contributed by atoms with Crippen molar-refractivity contribution < 1.29 is 9.47 Å². The van der Waals surface area contributed by atoms with E-state index in [1.54, 1.807) is 7.11 Å². The molecule has 0 aromatic carbocycles. The van der Waals surface area contributed by atoms with E-state index in [1.807, 2.05) is 0 Å². The SMILES string of the molecule is COC1CC(OC2CCNCC2)C1. The Morgan fingerprint density at radius 2 is 1.69 bits per heavy atom. The van der Waals surface area contributed by atoms with Crippen LogP contribution in [-0.4, -0.2) is 38.5 Å². The van der Waals surface area contributed by atoms with Gasteiger partial charge in [-0.25, -0.2) is 0 Å². The second kappa shape index (κ2) is 4.40. The number of ether oxygens (including phenoxy) is 2. The normalized spacial score (nSPS) is 35.8. The van der Waals surface area contributed by atoms with Crippen molar-refractivity contribution in [2.24, 2.45) is 0 Å². The Morgan fingerprint density at radius 1 is 1.00 bits per heavy atom. The molecule has 3 heteroatoms. The third kappa shape index (κ3) is 2.42. The predicted octanol–water partition coefficient (Wildman–Crippen LogP) is 0.932. The molecule has 0 spiro atoms. The summed E-state index contributed by atoms with van der Waals surface area (Å²) in [6, 6.07) is 0. The van der Waals surface area contributed by atoms with Crippen molar-refractivity contribution in [2.45, 2.75) is 44.0 Å². The smallest absolute Gasteiger partial charge is 0.0628 e. The first-order chi connectivity index (χ1) is 6.38. The van der Waals surface area contributed by atoms with Gasteiger partial charge in [0.05, 0.1) is 18.3 Å². The van der Waals surface area contributed by atoms with Crippen LogP contribution in [-0.2, 0) is 9.47 Å². The van der Waals surface area contributed by atoms with E-state index in [9.17, 15) is 0 Å². The number of hydrogen-bond acceptors (Lipinski definition) is 3. The minimum absolute atomic E-state index is 0.465. The quantitative estimate of drug-likeness (QED) is 0.709. The number of piperidine rings is 1. The molecule has 1 saturated carbocycles. The molecule has 0 aromatic heterocycles. The van der Waals surface area contributed by atoms with Crippen LogP contribution in [0.15, 0.2) is 0 Å². The molecular weight excluding hydrogens is 166 g/mol. The van der Waals surface area contributed by atoms with E-state index in [0.717, 1.165) is 25.9 Å². The van der Waals surface area contributed by atoms with Crippen molar-refractivity contribution in [2.75, 3.05) is 20.2 Å². The molecule has 3 nitrogen and oxygen atoms in total. The van der Waals surface area contributed by atoms with Crippen molar-refractivity contribution in [1.29, 1.82) is 0 Å². The lowest BCUT2D eigenvalue weighted by atomic mass is 9.91. The van der Waals surface area contributed by atoms with Gasteiger partial charge in [0, 0.05) is 7.11 Å². The van der Waals surface area contributed by atoms with Crippen molar-refractivity contribution in [3.05, 3.63) is 0 Å². The van der Waals surface area contributed by atoms with Crippen molar-refractivity contribution >= 4 is 0 Å². The summed E-state index contributed by atoms with van der Waals surface area (Å²) in [5.74, 6) is 0. The molecule has 0 radical (unpaired) electrons. The molecule has 0 amide bonds. The van der Waals surface area contributed by atoms with E-state index >= 15 is 0 Å². The van der Waals surface area contributed by atoms with Gasteiger partial charge in [-0.05, 0) is 38.8 Å². The number of nitrogens with one attached hydrogen (secondary N) is 1. The van der Waals surface area contributed by atoms with Gasteiger partial charge in [-0.15, -0.1) is 0 Å². The van der Waals surface area contributed by atoms with Crippen molar-refractivity contribution in [1.82, 2.24) is 5.32 Å². The Balaban J connectivity index is 1.62. The Labute approximate surface area is 79.8 Å². The zero-order valence-electron chi connectivity index (χ0n) is 8.29. The highest BCUT2D eigenvalue weighted by atomic mass is 16.5. The lowest BCUT2D eigenvalue weighted by molar-refractivity contribution is -0.120. The van der Waals surface area contributed by atoms with Crippen LogP contribution in [0.2, 0.25) is 0 Å². The van der Waals surface area contributed by atoms with Crippen molar-refractivity contribution in [3.63, 3.8) is 0 Å². The Kier molecular flexibility index (Phi) is 3.19. The second-order valence-corrected chi connectivity index (χ2v) is 4.04. The van der Waals surface area contributed by atoms with Crippen LogP contribution < -0.4 is 5.32 Å². The average Bonchev–Trinajstić information content (AvgIpc) is 2.12. The fourth-order valence-corrected chi connectivity index (χ4v) is 2.02. The molecule has 0 aromatic rings. The summed E-state index contributed by atoms with van der Waals surface area (Å²) in [7, 11) is 1.78. The van der Waals surface area contributed by atoms with Crippen LogP contribution >= 0.6 is 0 Å². The molecule has 1 aliphatic heterocycles. The standard InChI is InChI=1S/C10H19NO2/c1-12-9-6-10(7-9)13-8-2-4-11-5-3-8/h8-11H,2-7H2,1H3. The van der Waals surface area contributed by atoms with E-state index in [4.69, 9.17) is 9.47 Å². The van der Waals surface area contributed by atoms with Gasteiger partial charge < -0.3 is 14.8 Å². The van der Waals surface area contributed by atoms with Gasteiger partial charge >= 0.3 is 0 Å². The van der Waals surface area contributed by atoms with E-state index in [-0.39, 0.29) is 0 Å². The minimum atomic E-state index is 0.465. The molecule has 2 rings (SSSR count). The monoisotopic (exact) mass is 185 g/mol. The molecular formula is C10H19NO2. The Morgan fingerprint density at radius 3 is 2.31 bits per heavy atom. The van der Waals surface area contributed by atoms with Gasteiger partial charge in [0.15, 0.2) is 0 Å². The van der Waals surface area contributed by atoms with Crippen LogP contribution in [0.5, 0.6) is 0 Å².